The maximum Gasteiger partial charge on any atom is 0.268 e. The Balaban J connectivity index is 0.000000159. The monoisotopic (exact) mass is 1660 g/mol. The normalized spacial score (nSPS) is 14.5. The third kappa shape index (κ3) is 10.8. The fourth-order valence-corrected chi connectivity index (χ4v) is 21.0. The SMILES string of the molecule is CC(C)c1cccc(C(C)C)c1N1C(=O)c2c3[nH]c4c(Cl)cc(Cl)cc4c3c3c4c(c5c([nH]c6c(Cl)cc(Cl)cc65)c(c24)C1=O)C(=O)N(c1c(C(C)C)cccc1C(C)C)C3=O.CC(C)c1cccc(C(C)C)c1N1C(=O)c2c3[nH]c4ccccc4c3c3c4c(c5c([nH]c6ccccc65)c(c24)C1=O)C(=O)N(c1c(C(C)C)cccc1C(C)C)C3=O. The van der Waals surface area contributed by atoms with Crippen LogP contribution in [0.3, 0.4) is 0 Å². The number of H-pyrrole nitrogens is 4. The number of nitrogens with one attached hydrogen (secondary N) is 4. The van der Waals surface area contributed by atoms with Crippen LogP contribution in [0, 0.1) is 0 Å². The summed E-state index contributed by atoms with van der Waals surface area (Å²) in [6.45, 7) is 32.7. The van der Waals surface area contributed by atoms with Crippen LogP contribution in [0.15, 0.2) is 146 Å². The summed E-state index contributed by atoms with van der Waals surface area (Å²) in [4.78, 5) is 146. The van der Waals surface area contributed by atoms with Gasteiger partial charge in [0.1, 0.15) is 0 Å². The Labute approximate surface area is 711 Å². The van der Waals surface area contributed by atoms with E-state index in [9.17, 15) is 0 Å². The van der Waals surface area contributed by atoms with E-state index in [4.69, 9.17) is 46.4 Å². The summed E-state index contributed by atoms with van der Waals surface area (Å²) < 4.78 is 0. The third-order valence-corrected chi connectivity index (χ3v) is 26.2. The van der Waals surface area contributed by atoms with Crippen LogP contribution in [0.1, 0.15) is 285 Å². The average Bonchev–Trinajstić information content (AvgIpc) is 1.39. The highest BCUT2D eigenvalue weighted by Crippen LogP contribution is 2.57. The van der Waals surface area contributed by atoms with E-state index >= 15 is 38.4 Å². The van der Waals surface area contributed by atoms with Gasteiger partial charge in [-0.15, -0.1) is 0 Å². The Hall–Kier alpha value is -11.9. The first-order valence-corrected chi connectivity index (χ1v) is 42.6. The first-order valence-electron chi connectivity index (χ1n) is 41.1. The molecule has 0 fully saturated rings. The van der Waals surface area contributed by atoms with E-state index in [1.165, 1.54) is 19.6 Å². The highest BCUT2D eigenvalue weighted by molar-refractivity contribution is 6.55. The van der Waals surface area contributed by atoms with Crippen LogP contribution in [0.5, 0.6) is 0 Å². The molecule has 8 heterocycles. The molecule has 0 spiro atoms. The lowest BCUT2D eigenvalue weighted by molar-refractivity contribution is 0.0875. The zero-order valence-corrected chi connectivity index (χ0v) is 72.1. The van der Waals surface area contributed by atoms with Crippen LogP contribution < -0.4 is 19.6 Å². The first kappa shape index (κ1) is 78.0. The van der Waals surface area contributed by atoms with Crippen LogP contribution in [-0.4, -0.2) is 67.2 Å². The van der Waals surface area contributed by atoms with E-state index in [2.05, 4.69) is 75.3 Å². The Bertz CT molecular complexity index is 7060. The third-order valence-electron chi connectivity index (χ3n) is 25.2. The summed E-state index contributed by atoms with van der Waals surface area (Å²) in [5.41, 5.74) is 14.5. The molecule has 8 amide bonds. The second-order valence-corrected chi connectivity index (χ2v) is 36.6. The zero-order chi connectivity index (χ0) is 84.7. The number of rotatable bonds is 12. The van der Waals surface area contributed by atoms with Gasteiger partial charge in [-0.2, -0.15) is 0 Å². The minimum Gasteiger partial charge on any atom is -0.354 e. The summed E-state index contributed by atoms with van der Waals surface area (Å²) in [7, 11) is 0. The van der Waals surface area contributed by atoms with Gasteiger partial charge in [-0.25, -0.2) is 19.6 Å². The number of anilines is 4. The number of fused-ring (bicyclic) bond motifs is 20. The molecular weight excluding hydrogens is 1580 g/mol. The van der Waals surface area contributed by atoms with Crippen LogP contribution >= 0.6 is 46.4 Å². The van der Waals surface area contributed by atoms with Gasteiger partial charge in [0, 0.05) is 85.7 Å². The molecule has 120 heavy (non-hydrogen) atoms. The van der Waals surface area contributed by atoms with E-state index in [0.717, 1.165) is 66.3 Å². The van der Waals surface area contributed by atoms with Crippen molar-refractivity contribution in [3.8, 4) is 0 Å². The predicted molar refractivity (Wildman–Crippen MR) is 488 cm³/mol. The number of halogens is 4. The molecule has 16 nitrogen and oxygen atoms in total. The maximum atomic E-state index is 15.9. The summed E-state index contributed by atoms with van der Waals surface area (Å²) in [6.07, 6.45) is 0. The molecule has 0 saturated heterocycles. The van der Waals surface area contributed by atoms with Crippen molar-refractivity contribution in [1.82, 2.24) is 19.9 Å². The summed E-state index contributed by atoms with van der Waals surface area (Å²) in [5, 5.41) is 6.48. The van der Waals surface area contributed by atoms with Crippen molar-refractivity contribution in [2.75, 3.05) is 19.6 Å². The van der Waals surface area contributed by atoms with Crippen molar-refractivity contribution in [3.63, 3.8) is 0 Å². The van der Waals surface area contributed by atoms with Crippen molar-refractivity contribution in [1.29, 1.82) is 0 Å². The lowest BCUT2D eigenvalue weighted by Crippen LogP contribution is -2.45. The van der Waals surface area contributed by atoms with Crippen molar-refractivity contribution in [3.05, 3.63) is 255 Å². The summed E-state index contributed by atoms with van der Waals surface area (Å²) >= 11 is 27.4. The molecule has 4 N–H and O–H groups in total. The standard InChI is InChI=1S/C50H40Cl4N4O4.C50H44N4O4/c1-19(2)25-11-9-12-26(20(3)4)45(25)57-47(59)37-33-29-15-23(51)17-31(53)41(29)55-43(33)39-36-35(37)38(48(57)60)34-30-16-24(52)18-32(54)42(30)56-44(34)40(36)50(62)58(49(39)61)46-27(21(5)6)13-10-14-28(46)22(7)8;1-23(2)27-17-13-18-28(24(3)4)45(27)53-47(55)39-35-31-15-9-11-21-33(31)51-43(35)41-38-37(39)40(48(53)56)36-32-16-10-12-22-34(32)52-44(36)42(38)50(58)54(49(41)57)46-29(25(5)6)19-14-20-30(46)26(7)8/h9-22,55-56H,1-8H3;9-26,51-52H,1-8H3. The van der Waals surface area contributed by atoms with Crippen molar-refractivity contribution >= 4 is 225 Å². The number of nitrogens with zero attached hydrogens (tertiary/aromatic N) is 4. The molecule has 600 valence electrons. The smallest absolute Gasteiger partial charge is 0.268 e. The molecule has 12 aromatic carbocycles. The van der Waals surface area contributed by atoms with Gasteiger partial charge in [-0.3, -0.25) is 38.4 Å². The Kier molecular flexibility index (Phi) is 18.1. The van der Waals surface area contributed by atoms with Crippen LogP contribution in [0.4, 0.5) is 22.7 Å². The number of carbonyl (C=O) groups is 8. The Morgan fingerprint density at radius 2 is 0.433 bits per heavy atom. The molecule has 4 aliphatic heterocycles. The maximum absolute atomic E-state index is 15.9. The van der Waals surface area contributed by atoms with Crippen LogP contribution in [0.25, 0.3) is 109 Å². The van der Waals surface area contributed by atoms with Gasteiger partial charge in [0.15, 0.2) is 0 Å². The second-order valence-electron chi connectivity index (χ2n) is 34.9. The fourth-order valence-electron chi connectivity index (χ4n) is 19.9. The number of aromatic nitrogens is 4. The number of hydrogen-bond acceptors (Lipinski definition) is 8. The molecule has 0 atom stereocenters. The highest BCUT2D eigenvalue weighted by atomic mass is 35.5. The molecule has 16 aromatic rings. The number of hydrogen-bond donors (Lipinski definition) is 4. The summed E-state index contributed by atoms with van der Waals surface area (Å²) in [5.74, 6) is -4.70. The van der Waals surface area contributed by atoms with Gasteiger partial charge in [0.05, 0.1) is 110 Å². The predicted octanol–water partition coefficient (Wildman–Crippen LogP) is 27.0. The van der Waals surface area contributed by atoms with Gasteiger partial charge >= 0.3 is 0 Å². The molecule has 0 aliphatic carbocycles. The number of para-hydroxylation sites is 6. The van der Waals surface area contributed by atoms with E-state index < -0.39 is 47.3 Å². The van der Waals surface area contributed by atoms with E-state index in [1.807, 2.05) is 177 Å². The zero-order valence-electron chi connectivity index (χ0n) is 69.0. The molecular formula is C100H84Cl4N8O8. The Morgan fingerprint density at radius 3 is 0.675 bits per heavy atom. The van der Waals surface area contributed by atoms with E-state index in [1.54, 1.807) is 24.3 Å². The second kappa shape index (κ2) is 27.8. The molecule has 4 aromatic heterocycles. The van der Waals surface area contributed by atoms with Gasteiger partial charge in [0.25, 0.3) is 47.3 Å². The van der Waals surface area contributed by atoms with E-state index in [0.29, 0.717) is 109 Å². The van der Waals surface area contributed by atoms with Gasteiger partial charge in [0.2, 0.25) is 0 Å². The van der Waals surface area contributed by atoms with Crippen LogP contribution in [0.2, 0.25) is 20.1 Å². The number of benzene rings is 12. The minimum atomic E-state index is -0.611. The van der Waals surface area contributed by atoms with Gasteiger partial charge < -0.3 is 19.9 Å². The molecule has 0 saturated carbocycles. The number of amides is 8. The summed E-state index contributed by atoms with van der Waals surface area (Å²) in [6, 6.07) is 45.6. The number of imide groups is 4. The average molecular weight is 1670 g/mol. The van der Waals surface area contributed by atoms with Gasteiger partial charge in [-0.05, 0) is 128 Å². The largest absolute Gasteiger partial charge is 0.354 e. The quantitative estimate of drug-likeness (QED) is 0.0862. The number of carbonyl (C=O) groups excluding carboxylic acids is 8. The van der Waals surface area contributed by atoms with E-state index in [-0.39, 0.29) is 113 Å². The van der Waals surface area contributed by atoms with Crippen LogP contribution in [-0.2, 0) is 0 Å². The molecule has 0 radical (unpaired) electrons. The lowest BCUT2D eigenvalue weighted by Gasteiger charge is -2.36. The van der Waals surface area contributed by atoms with Crippen molar-refractivity contribution < 1.29 is 38.4 Å². The van der Waals surface area contributed by atoms with Crippen molar-refractivity contribution in [2.24, 2.45) is 0 Å². The topological polar surface area (TPSA) is 213 Å². The van der Waals surface area contributed by atoms with Crippen molar-refractivity contribution in [2.45, 2.75) is 158 Å². The minimum absolute atomic E-state index is 0.00190. The number of aromatic amines is 4. The molecule has 0 bridgehead atoms. The molecule has 20 heteroatoms. The molecule has 4 aliphatic rings. The Morgan fingerprint density at radius 1 is 0.225 bits per heavy atom. The molecule has 0 unspecified atom stereocenters. The highest BCUT2D eigenvalue weighted by Gasteiger charge is 2.51. The fraction of sp³-hybridized carbons (Fsp3) is 0.240. The lowest BCUT2D eigenvalue weighted by atomic mass is 9.80. The molecule has 20 rings (SSSR count). The first-order chi connectivity index (χ1) is 57.3. The van der Waals surface area contributed by atoms with Gasteiger partial charge in [-0.1, -0.05) is 266 Å².